The minimum absolute atomic E-state index is 0.161. The number of aromatic nitrogens is 1. The highest BCUT2D eigenvalue weighted by Crippen LogP contribution is 2.30. The summed E-state index contributed by atoms with van der Waals surface area (Å²) >= 11 is 0. The minimum atomic E-state index is 0.161. The van der Waals surface area contributed by atoms with Crippen LogP contribution in [0.1, 0.15) is 12.0 Å². The summed E-state index contributed by atoms with van der Waals surface area (Å²) < 4.78 is 7.95. The van der Waals surface area contributed by atoms with Gasteiger partial charge in [-0.3, -0.25) is 0 Å². The standard InChI is InChI=1S/C22H18N2O2/c23-15-16-10-11-20-18(14-16)17-6-1-2-7-19(17)24(20)12-5-13-26-22-9-4-3-8-21(22)25/h1-4,6-11,14,25H,5,12-13H2. The largest absolute Gasteiger partial charge is 0.504 e. The third-order valence-electron chi connectivity index (χ3n) is 4.55. The van der Waals surface area contributed by atoms with Crippen LogP contribution in [0.2, 0.25) is 0 Å². The number of phenolic OH excluding ortho intramolecular Hbond substituents is 1. The summed E-state index contributed by atoms with van der Waals surface area (Å²) in [6, 6.07) is 23.3. The fourth-order valence-corrected chi connectivity index (χ4v) is 3.35. The second kappa shape index (κ2) is 6.81. The monoisotopic (exact) mass is 342 g/mol. The molecule has 1 N–H and O–H groups in total. The highest BCUT2D eigenvalue weighted by molar-refractivity contribution is 6.08. The summed E-state index contributed by atoms with van der Waals surface area (Å²) in [7, 11) is 0. The van der Waals surface area contributed by atoms with E-state index in [4.69, 9.17) is 4.74 Å². The van der Waals surface area contributed by atoms with Gasteiger partial charge in [0.25, 0.3) is 0 Å². The van der Waals surface area contributed by atoms with Crippen molar-refractivity contribution in [2.45, 2.75) is 13.0 Å². The zero-order valence-corrected chi connectivity index (χ0v) is 14.2. The maximum absolute atomic E-state index is 9.77. The van der Waals surface area contributed by atoms with Crippen molar-refractivity contribution in [3.8, 4) is 17.6 Å². The number of aryl methyl sites for hydroxylation is 1. The molecule has 0 saturated heterocycles. The molecular weight excluding hydrogens is 324 g/mol. The Morgan fingerprint density at radius 2 is 1.69 bits per heavy atom. The SMILES string of the molecule is N#Cc1ccc2c(c1)c1ccccc1n2CCCOc1ccccc1O. The van der Waals surface area contributed by atoms with E-state index in [1.165, 1.54) is 0 Å². The van der Waals surface area contributed by atoms with Gasteiger partial charge in [-0.15, -0.1) is 0 Å². The smallest absolute Gasteiger partial charge is 0.160 e. The van der Waals surface area contributed by atoms with E-state index in [1.54, 1.807) is 18.2 Å². The quantitative estimate of drug-likeness (QED) is 0.528. The summed E-state index contributed by atoms with van der Waals surface area (Å²) in [6.45, 7) is 1.31. The van der Waals surface area contributed by atoms with Crippen LogP contribution in [0.3, 0.4) is 0 Å². The lowest BCUT2D eigenvalue weighted by Gasteiger charge is -2.10. The number of ether oxygens (including phenoxy) is 1. The molecule has 4 rings (SSSR count). The first-order valence-electron chi connectivity index (χ1n) is 8.60. The van der Waals surface area contributed by atoms with Gasteiger partial charge >= 0.3 is 0 Å². The number of fused-ring (bicyclic) bond motifs is 3. The van der Waals surface area contributed by atoms with Crippen LogP contribution in [-0.2, 0) is 6.54 Å². The van der Waals surface area contributed by atoms with Crippen molar-refractivity contribution in [1.29, 1.82) is 5.26 Å². The van der Waals surface area contributed by atoms with Crippen molar-refractivity contribution in [2.24, 2.45) is 0 Å². The first-order valence-corrected chi connectivity index (χ1v) is 8.60. The van der Waals surface area contributed by atoms with Gasteiger partial charge in [0.15, 0.2) is 11.5 Å². The van der Waals surface area contributed by atoms with Crippen LogP contribution in [0.15, 0.2) is 66.7 Å². The van der Waals surface area contributed by atoms with Crippen molar-refractivity contribution in [2.75, 3.05) is 6.61 Å². The molecule has 26 heavy (non-hydrogen) atoms. The van der Waals surface area contributed by atoms with Crippen LogP contribution in [0.25, 0.3) is 21.8 Å². The van der Waals surface area contributed by atoms with E-state index >= 15 is 0 Å². The number of rotatable bonds is 5. The molecule has 0 fully saturated rings. The van der Waals surface area contributed by atoms with E-state index in [1.807, 2.05) is 36.4 Å². The predicted molar refractivity (Wildman–Crippen MR) is 102 cm³/mol. The first kappa shape index (κ1) is 16.0. The predicted octanol–water partition coefficient (Wildman–Crippen LogP) is 4.84. The summed E-state index contributed by atoms with van der Waals surface area (Å²) in [5, 5.41) is 21.2. The van der Waals surface area contributed by atoms with Gasteiger partial charge in [0, 0.05) is 28.4 Å². The Labute approximate surface area is 151 Å². The Kier molecular flexibility index (Phi) is 4.20. The Morgan fingerprint density at radius 3 is 2.54 bits per heavy atom. The summed E-state index contributed by atoms with van der Waals surface area (Å²) in [6.07, 6.45) is 0.808. The van der Waals surface area contributed by atoms with Crippen LogP contribution >= 0.6 is 0 Å². The number of benzene rings is 3. The summed E-state index contributed by atoms with van der Waals surface area (Å²) in [5.41, 5.74) is 2.94. The number of hydrogen-bond acceptors (Lipinski definition) is 3. The third-order valence-corrected chi connectivity index (χ3v) is 4.55. The Bertz CT molecular complexity index is 1120. The van der Waals surface area contributed by atoms with Crippen molar-refractivity contribution < 1.29 is 9.84 Å². The molecule has 0 radical (unpaired) electrons. The zero-order valence-electron chi connectivity index (χ0n) is 14.2. The molecule has 0 unspecified atom stereocenters. The lowest BCUT2D eigenvalue weighted by Crippen LogP contribution is -2.04. The Balaban J connectivity index is 1.59. The van der Waals surface area contributed by atoms with Gasteiger partial charge in [-0.05, 0) is 42.8 Å². The molecule has 4 nitrogen and oxygen atoms in total. The molecule has 1 heterocycles. The number of nitriles is 1. The molecular formula is C22H18N2O2. The van der Waals surface area contributed by atoms with Gasteiger partial charge in [0.1, 0.15) is 0 Å². The molecule has 4 heteroatoms. The van der Waals surface area contributed by atoms with Gasteiger partial charge in [-0.2, -0.15) is 5.26 Å². The van der Waals surface area contributed by atoms with Gasteiger partial charge in [0.2, 0.25) is 0 Å². The molecule has 0 saturated carbocycles. The second-order valence-corrected chi connectivity index (χ2v) is 6.18. The van der Waals surface area contributed by atoms with E-state index in [2.05, 4.69) is 22.8 Å². The number of para-hydroxylation sites is 3. The molecule has 0 aliphatic carbocycles. The van der Waals surface area contributed by atoms with Crippen LogP contribution in [0, 0.1) is 11.3 Å². The lowest BCUT2D eigenvalue weighted by molar-refractivity contribution is 0.288. The first-order chi connectivity index (χ1) is 12.8. The normalized spacial score (nSPS) is 10.9. The Morgan fingerprint density at radius 1 is 0.923 bits per heavy atom. The van der Waals surface area contributed by atoms with Crippen LogP contribution < -0.4 is 4.74 Å². The minimum Gasteiger partial charge on any atom is -0.504 e. The summed E-state index contributed by atoms with van der Waals surface area (Å²) in [4.78, 5) is 0. The van der Waals surface area contributed by atoms with Gasteiger partial charge in [-0.1, -0.05) is 30.3 Å². The number of nitrogens with zero attached hydrogens (tertiary/aromatic N) is 2. The Hall–Kier alpha value is -3.45. The van der Waals surface area contributed by atoms with Crippen molar-refractivity contribution in [1.82, 2.24) is 4.57 Å². The fourth-order valence-electron chi connectivity index (χ4n) is 3.35. The molecule has 4 aromatic rings. The highest BCUT2D eigenvalue weighted by Gasteiger charge is 2.11. The van der Waals surface area contributed by atoms with E-state index in [-0.39, 0.29) is 5.75 Å². The number of phenols is 1. The third kappa shape index (κ3) is 2.84. The van der Waals surface area contributed by atoms with Crippen molar-refractivity contribution in [3.63, 3.8) is 0 Å². The number of hydrogen-bond donors (Lipinski definition) is 1. The summed E-state index contributed by atoms with van der Waals surface area (Å²) in [5.74, 6) is 0.668. The average molecular weight is 342 g/mol. The molecule has 0 spiro atoms. The van der Waals surface area contributed by atoms with Gasteiger partial charge in [-0.25, -0.2) is 0 Å². The van der Waals surface area contributed by atoms with Crippen LogP contribution in [0.4, 0.5) is 0 Å². The molecule has 0 aliphatic heterocycles. The molecule has 0 bridgehead atoms. The van der Waals surface area contributed by atoms with Crippen molar-refractivity contribution in [3.05, 3.63) is 72.3 Å². The lowest BCUT2D eigenvalue weighted by atomic mass is 10.1. The maximum atomic E-state index is 9.77. The molecule has 3 aromatic carbocycles. The second-order valence-electron chi connectivity index (χ2n) is 6.18. The molecule has 0 amide bonds. The van der Waals surface area contributed by atoms with E-state index in [0.717, 1.165) is 34.8 Å². The van der Waals surface area contributed by atoms with Gasteiger partial charge in [0.05, 0.1) is 18.2 Å². The van der Waals surface area contributed by atoms with E-state index in [0.29, 0.717) is 17.9 Å². The van der Waals surface area contributed by atoms with Crippen LogP contribution in [0.5, 0.6) is 11.5 Å². The molecule has 1 aromatic heterocycles. The van der Waals surface area contributed by atoms with Gasteiger partial charge < -0.3 is 14.4 Å². The van der Waals surface area contributed by atoms with Crippen molar-refractivity contribution >= 4 is 21.8 Å². The fraction of sp³-hybridized carbons (Fsp3) is 0.136. The highest BCUT2D eigenvalue weighted by atomic mass is 16.5. The van der Waals surface area contributed by atoms with E-state index in [9.17, 15) is 10.4 Å². The van der Waals surface area contributed by atoms with E-state index < -0.39 is 0 Å². The molecule has 0 aliphatic rings. The maximum Gasteiger partial charge on any atom is 0.160 e. The number of aromatic hydroxyl groups is 1. The topological polar surface area (TPSA) is 58.2 Å². The molecule has 0 atom stereocenters. The molecule has 128 valence electrons. The van der Waals surface area contributed by atoms with Crippen LogP contribution in [-0.4, -0.2) is 16.3 Å². The zero-order chi connectivity index (χ0) is 17.9. The average Bonchev–Trinajstić information content (AvgIpc) is 2.99.